The van der Waals surface area contributed by atoms with Crippen molar-refractivity contribution in [2.45, 2.75) is 13.2 Å². The van der Waals surface area contributed by atoms with Gasteiger partial charge in [-0.1, -0.05) is 51.3 Å². The lowest BCUT2D eigenvalue weighted by Crippen LogP contribution is -2.00. The zero-order valence-electron chi connectivity index (χ0n) is 10.00. The van der Waals surface area contributed by atoms with Crippen molar-refractivity contribution in [3.8, 4) is 5.75 Å². The van der Waals surface area contributed by atoms with Crippen LogP contribution in [0.2, 0.25) is 10.0 Å². The van der Waals surface area contributed by atoms with Crippen LogP contribution < -0.4 is 10.5 Å². The smallest absolute Gasteiger partial charge is 0.120 e. The first kappa shape index (κ1) is 14.7. The van der Waals surface area contributed by atoms with Gasteiger partial charge < -0.3 is 10.5 Å². The average molecular weight is 361 g/mol. The molecule has 0 aromatic heterocycles. The molecule has 0 atom stereocenters. The molecule has 0 saturated carbocycles. The van der Waals surface area contributed by atoms with Gasteiger partial charge in [-0.15, -0.1) is 0 Å². The molecular formula is C14H12BrCl2NO. The van der Waals surface area contributed by atoms with Crippen molar-refractivity contribution in [3.05, 3.63) is 62.0 Å². The predicted molar refractivity (Wildman–Crippen MR) is 82.8 cm³/mol. The Morgan fingerprint density at radius 1 is 1.11 bits per heavy atom. The number of rotatable bonds is 4. The molecule has 2 aromatic rings. The first-order valence-corrected chi connectivity index (χ1v) is 7.21. The maximum absolute atomic E-state index is 6.10. The summed E-state index contributed by atoms with van der Waals surface area (Å²) in [7, 11) is 0. The van der Waals surface area contributed by atoms with Gasteiger partial charge in [0.1, 0.15) is 12.4 Å². The van der Waals surface area contributed by atoms with E-state index in [2.05, 4.69) is 15.9 Å². The van der Waals surface area contributed by atoms with E-state index < -0.39 is 0 Å². The minimum absolute atomic E-state index is 0.366. The van der Waals surface area contributed by atoms with Gasteiger partial charge in [-0.3, -0.25) is 0 Å². The molecule has 0 fully saturated rings. The topological polar surface area (TPSA) is 35.2 Å². The molecule has 5 heteroatoms. The maximum atomic E-state index is 6.10. The summed E-state index contributed by atoms with van der Waals surface area (Å²) < 4.78 is 6.68. The molecule has 0 heterocycles. The fourth-order valence-corrected chi connectivity index (χ4v) is 2.40. The molecule has 100 valence electrons. The molecule has 0 bridgehead atoms. The highest BCUT2D eigenvalue weighted by molar-refractivity contribution is 9.10. The van der Waals surface area contributed by atoms with E-state index >= 15 is 0 Å². The van der Waals surface area contributed by atoms with Crippen LogP contribution in [0.3, 0.4) is 0 Å². The third-order valence-electron chi connectivity index (χ3n) is 2.66. The summed E-state index contributed by atoms with van der Waals surface area (Å²) in [5.74, 6) is 0.750. The van der Waals surface area contributed by atoms with Crippen LogP contribution in [0.15, 0.2) is 40.9 Å². The molecule has 0 radical (unpaired) electrons. The van der Waals surface area contributed by atoms with Gasteiger partial charge in [0.05, 0.1) is 10.0 Å². The first-order chi connectivity index (χ1) is 9.11. The third kappa shape index (κ3) is 3.63. The van der Waals surface area contributed by atoms with Gasteiger partial charge in [-0.25, -0.2) is 0 Å². The van der Waals surface area contributed by atoms with Crippen molar-refractivity contribution in [1.82, 2.24) is 0 Å². The summed E-state index contributed by atoms with van der Waals surface area (Å²) in [5.41, 5.74) is 7.49. The SMILES string of the molecule is NCc1cc(OCc2cccc(Cl)c2Cl)ccc1Br. The second-order valence-corrected chi connectivity index (χ2v) is 5.60. The second-order valence-electron chi connectivity index (χ2n) is 3.96. The van der Waals surface area contributed by atoms with Gasteiger partial charge in [-0.2, -0.15) is 0 Å². The highest BCUT2D eigenvalue weighted by Gasteiger charge is 2.06. The van der Waals surface area contributed by atoms with Crippen LogP contribution >= 0.6 is 39.1 Å². The van der Waals surface area contributed by atoms with Crippen LogP contribution in [0.4, 0.5) is 0 Å². The molecule has 0 aliphatic heterocycles. The maximum Gasteiger partial charge on any atom is 0.120 e. The van der Waals surface area contributed by atoms with E-state index in [1.807, 2.05) is 30.3 Å². The number of ether oxygens (including phenoxy) is 1. The Labute approximate surface area is 130 Å². The van der Waals surface area contributed by atoms with Crippen LogP contribution in [-0.4, -0.2) is 0 Å². The lowest BCUT2D eigenvalue weighted by Gasteiger charge is -2.10. The van der Waals surface area contributed by atoms with E-state index in [0.29, 0.717) is 23.2 Å². The van der Waals surface area contributed by atoms with E-state index in [-0.39, 0.29) is 0 Å². The van der Waals surface area contributed by atoms with E-state index in [0.717, 1.165) is 21.3 Å². The molecule has 0 spiro atoms. The fraction of sp³-hybridized carbons (Fsp3) is 0.143. The highest BCUT2D eigenvalue weighted by atomic mass is 79.9. The van der Waals surface area contributed by atoms with E-state index in [9.17, 15) is 0 Å². The zero-order chi connectivity index (χ0) is 13.8. The lowest BCUT2D eigenvalue weighted by molar-refractivity contribution is 0.306. The number of benzene rings is 2. The minimum atomic E-state index is 0.366. The molecule has 2 rings (SSSR count). The van der Waals surface area contributed by atoms with E-state index in [1.165, 1.54) is 0 Å². The molecule has 0 saturated heterocycles. The summed E-state index contributed by atoms with van der Waals surface area (Å²) in [6, 6.07) is 11.2. The van der Waals surface area contributed by atoms with E-state index in [4.69, 9.17) is 33.7 Å². The lowest BCUT2D eigenvalue weighted by atomic mass is 10.2. The van der Waals surface area contributed by atoms with Crippen molar-refractivity contribution in [2.75, 3.05) is 0 Å². The normalized spacial score (nSPS) is 10.5. The van der Waals surface area contributed by atoms with Crippen LogP contribution in [0.25, 0.3) is 0 Å². The van der Waals surface area contributed by atoms with Gasteiger partial charge in [0.15, 0.2) is 0 Å². The Balaban J connectivity index is 2.12. The molecule has 0 aliphatic rings. The molecule has 0 unspecified atom stereocenters. The zero-order valence-corrected chi connectivity index (χ0v) is 13.1. The van der Waals surface area contributed by atoms with Gasteiger partial charge in [0, 0.05) is 16.6 Å². The summed E-state index contributed by atoms with van der Waals surface area (Å²) in [4.78, 5) is 0. The Morgan fingerprint density at radius 2 is 1.89 bits per heavy atom. The monoisotopic (exact) mass is 359 g/mol. The van der Waals surface area contributed by atoms with Gasteiger partial charge in [0.25, 0.3) is 0 Å². The third-order valence-corrected chi connectivity index (χ3v) is 4.29. The molecule has 2 nitrogen and oxygen atoms in total. The first-order valence-electron chi connectivity index (χ1n) is 5.66. The van der Waals surface area contributed by atoms with E-state index in [1.54, 1.807) is 6.07 Å². The molecule has 2 N–H and O–H groups in total. The van der Waals surface area contributed by atoms with Crippen molar-refractivity contribution in [1.29, 1.82) is 0 Å². The van der Waals surface area contributed by atoms with Crippen LogP contribution in [0, 0.1) is 0 Å². The largest absolute Gasteiger partial charge is 0.489 e. The number of hydrogen-bond acceptors (Lipinski definition) is 2. The minimum Gasteiger partial charge on any atom is -0.489 e. The Morgan fingerprint density at radius 3 is 2.63 bits per heavy atom. The Kier molecular flexibility index (Phi) is 5.11. The van der Waals surface area contributed by atoms with Gasteiger partial charge >= 0.3 is 0 Å². The highest BCUT2D eigenvalue weighted by Crippen LogP contribution is 2.27. The van der Waals surface area contributed by atoms with Crippen molar-refractivity contribution < 1.29 is 4.74 Å². The number of nitrogens with two attached hydrogens (primary N) is 1. The molecule has 0 amide bonds. The Hall–Kier alpha value is -0.740. The fourth-order valence-electron chi connectivity index (χ4n) is 1.62. The van der Waals surface area contributed by atoms with Crippen molar-refractivity contribution >= 4 is 39.1 Å². The van der Waals surface area contributed by atoms with Crippen LogP contribution in [-0.2, 0) is 13.2 Å². The molecule has 2 aromatic carbocycles. The number of hydrogen-bond donors (Lipinski definition) is 1. The summed E-state index contributed by atoms with van der Waals surface area (Å²) >= 11 is 15.5. The quantitative estimate of drug-likeness (QED) is 0.850. The van der Waals surface area contributed by atoms with Gasteiger partial charge in [0.2, 0.25) is 0 Å². The standard InChI is InChI=1S/C14H12BrCl2NO/c15-12-5-4-11(6-10(12)7-18)19-8-9-2-1-3-13(16)14(9)17/h1-6H,7-8,18H2. The molecular weight excluding hydrogens is 349 g/mol. The molecule has 19 heavy (non-hydrogen) atoms. The molecule has 0 aliphatic carbocycles. The predicted octanol–water partition coefficient (Wildman–Crippen LogP) is 4.79. The summed E-state index contributed by atoms with van der Waals surface area (Å²) in [6.45, 7) is 0.820. The van der Waals surface area contributed by atoms with Crippen LogP contribution in [0.5, 0.6) is 5.75 Å². The second kappa shape index (κ2) is 6.62. The van der Waals surface area contributed by atoms with Crippen molar-refractivity contribution in [2.24, 2.45) is 5.73 Å². The van der Waals surface area contributed by atoms with Crippen molar-refractivity contribution in [3.63, 3.8) is 0 Å². The van der Waals surface area contributed by atoms with Gasteiger partial charge in [-0.05, 0) is 29.8 Å². The summed E-state index contributed by atoms with van der Waals surface area (Å²) in [5, 5.41) is 1.06. The summed E-state index contributed by atoms with van der Waals surface area (Å²) in [6.07, 6.45) is 0. The average Bonchev–Trinajstić information content (AvgIpc) is 2.42. The Bertz CT molecular complexity index is 590. The number of halogens is 3. The van der Waals surface area contributed by atoms with Crippen LogP contribution in [0.1, 0.15) is 11.1 Å².